The van der Waals surface area contributed by atoms with Crippen LogP contribution in [0.4, 0.5) is 11.4 Å². The summed E-state index contributed by atoms with van der Waals surface area (Å²) >= 11 is 0. The van der Waals surface area contributed by atoms with Crippen molar-refractivity contribution in [3.63, 3.8) is 0 Å². The highest BCUT2D eigenvalue weighted by Crippen LogP contribution is 2.18. The number of rotatable bonds is 5. The second-order valence-electron chi connectivity index (χ2n) is 6.37. The Morgan fingerprint density at radius 2 is 1.44 bits per heavy atom. The average molecular weight is 358 g/mol. The van der Waals surface area contributed by atoms with Gasteiger partial charge >= 0.3 is 0 Å². The van der Waals surface area contributed by atoms with Crippen LogP contribution in [0, 0.1) is 6.92 Å². The maximum absolute atomic E-state index is 12.6. The summed E-state index contributed by atoms with van der Waals surface area (Å²) in [5.74, 6) is -0.481. The Morgan fingerprint density at radius 3 is 2.15 bits per heavy atom. The van der Waals surface area contributed by atoms with Crippen molar-refractivity contribution in [2.24, 2.45) is 0 Å². The summed E-state index contributed by atoms with van der Waals surface area (Å²) in [5, 5.41) is 5.79. The number of hydrogen-bond acceptors (Lipinski definition) is 2. The molecule has 4 heteroatoms. The van der Waals surface area contributed by atoms with E-state index in [-0.39, 0.29) is 11.8 Å². The van der Waals surface area contributed by atoms with Crippen LogP contribution < -0.4 is 10.6 Å². The monoisotopic (exact) mass is 358 g/mol. The van der Waals surface area contributed by atoms with E-state index >= 15 is 0 Å². The van der Waals surface area contributed by atoms with E-state index in [1.165, 1.54) is 0 Å². The summed E-state index contributed by atoms with van der Waals surface area (Å²) in [6, 6.07) is 22.0. The molecule has 3 aromatic rings. The Morgan fingerprint density at radius 1 is 0.778 bits per heavy atom. The van der Waals surface area contributed by atoms with E-state index in [1.807, 2.05) is 62.4 Å². The van der Waals surface area contributed by atoms with Gasteiger partial charge in [-0.2, -0.15) is 0 Å². The molecule has 27 heavy (non-hydrogen) atoms. The second kappa shape index (κ2) is 8.32. The van der Waals surface area contributed by atoms with Gasteiger partial charge in [-0.15, -0.1) is 0 Å². The third kappa shape index (κ3) is 4.61. The highest BCUT2D eigenvalue weighted by atomic mass is 16.2. The van der Waals surface area contributed by atoms with Crippen LogP contribution >= 0.6 is 0 Å². The summed E-state index contributed by atoms with van der Waals surface area (Å²) < 4.78 is 0. The molecule has 136 valence electrons. The number of hydrogen-bond donors (Lipinski definition) is 2. The minimum absolute atomic E-state index is 0.235. The fraction of sp³-hybridized carbons (Fsp3) is 0.130. The van der Waals surface area contributed by atoms with E-state index in [2.05, 4.69) is 10.6 Å². The topological polar surface area (TPSA) is 58.2 Å². The first-order valence-electron chi connectivity index (χ1n) is 8.94. The predicted molar refractivity (Wildman–Crippen MR) is 109 cm³/mol. The average Bonchev–Trinajstić information content (AvgIpc) is 2.68. The summed E-state index contributed by atoms with van der Waals surface area (Å²) in [6.45, 7) is 4.01. The molecule has 2 amide bonds. The molecule has 2 N–H and O–H groups in total. The normalized spacial score (nSPS) is 10.3. The summed E-state index contributed by atoms with van der Waals surface area (Å²) in [4.78, 5) is 25.1. The largest absolute Gasteiger partial charge is 0.322 e. The molecule has 0 saturated heterocycles. The van der Waals surface area contributed by atoms with Crippen LogP contribution in [0.2, 0.25) is 0 Å². The van der Waals surface area contributed by atoms with Crippen LogP contribution in [-0.2, 0) is 6.42 Å². The fourth-order valence-electron chi connectivity index (χ4n) is 2.87. The lowest BCUT2D eigenvalue weighted by Crippen LogP contribution is -2.16. The quantitative estimate of drug-likeness (QED) is 0.669. The molecule has 0 fully saturated rings. The Hall–Kier alpha value is -3.40. The first-order chi connectivity index (χ1) is 13.1. The van der Waals surface area contributed by atoms with Gasteiger partial charge in [-0.3, -0.25) is 9.59 Å². The molecule has 0 unspecified atom stereocenters. The Bertz CT molecular complexity index is 979. The minimum atomic E-state index is -0.246. The van der Waals surface area contributed by atoms with E-state index in [9.17, 15) is 9.59 Å². The Balaban J connectivity index is 1.76. The molecule has 4 nitrogen and oxygen atoms in total. The number of carbonyl (C=O) groups excluding carboxylic acids is 2. The van der Waals surface area contributed by atoms with E-state index in [0.717, 1.165) is 28.9 Å². The molecule has 0 aliphatic rings. The van der Waals surface area contributed by atoms with Gasteiger partial charge < -0.3 is 10.6 Å². The zero-order valence-electron chi connectivity index (χ0n) is 15.5. The molecule has 0 aliphatic heterocycles. The Labute approximate surface area is 159 Å². The van der Waals surface area contributed by atoms with Crippen molar-refractivity contribution in [1.82, 2.24) is 0 Å². The molecule has 0 aliphatic carbocycles. The SMILES string of the molecule is CCc1ccccc1NC(=O)c1cccc(C(=O)Nc2cccc(C)c2)c1. The molecule has 3 rings (SSSR count). The van der Waals surface area contributed by atoms with Crippen molar-refractivity contribution in [2.75, 3.05) is 10.6 Å². The van der Waals surface area contributed by atoms with Gasteiger partial charge in [0.15, 0.2) is 0 Å². The molecular weight excluding hydrogens is 336 g/mol. The fourth-order valence-corrected chi connectivity index (χ4v) is 2.87. The van der Waals surface area contributed by atoms with Gasteiger partial charge in [0.25, 0.3) is 11.8 Å². The standard InChI is InChI=1S/C23H22N2O2/c1-3-17-9-4-5-13-21(17)25-23(27)19-11-7-10-18(15-19)22(26)24-20-12-6-8-16(2)14-20/h4-15H,3H2,1-2H3,(H,24,26)(H,25,27). The molecule has 0 atom stereocenters. The number of benzene rings is 3. The number of anilines is 2. The highest BCUT2D eigenvalue weighted by molar-refractivity contribution is 6.08. The van der Waals surface area contributed by atoms with Gasteiger partial charge in [0.1, 0.15) is 0 Å². The van der Waals surface area contributed by atoms with Gasteiger partial charge in [0.05, 0.1) is 0 Å². The zero-order valence-corrected chi connectivity index (χ0v) is 15.5. The van der Waals surface area contributed by atoms with Crippen LogP contribution in [0.1, 0.15) is 38.8 Å². The van der Waals surface area contributed by atoms with Gasteiger partial charge in [-0.25, -0.2) is 0 Å². The lowest BCUT2D eigenvalue weighted by atomic mass is 10.1. The maximum Gasteiger partial charge on any atom is 0.255 e. The van der Waals surface area contributed by atoms with Crippen molar-refractivity contribution >= 4 is 23.2 Å². The third-order valence-electron chi connectivity index (χ3n) is 4.31. The van der Waals surface area contributed by atoms with E-state index in [1.54, 1.807) is 24.3 Å². The molecule has 0 aromatic heterocycles. The minimum Gasteiger partial charge on any atom is -0.322 e. The van der Waals surface area contributed by atoms with Gasteiger partial charge in [0, 0.05) is 22.5 Å². The molecule has 0 heterocycles. The molecule has 3 aromatic carbocycles. The highest BCUT2D eigenvalue weighted by Gasteiger charge is 2.12. The van der Waals surface area contributed by atoms with Gasteiger partial charge in [0.2, 0.25) is 0 Å². The number of para-hydroxylation sites is 1. The van der Waals surface area contributed by atoms with Crippen LogP contribution in [-0.4, -0.2) is 11.8 Å². The number of aryl methyl sites for hydroxylation is 2. The van der Waals surface area contributed by atoms with Crippen molar-refractivity contribution in [1.29, 1.82) is 0 Å². The summed E-state index contributed by atoms with van der Waals surface area (Å²) in [6.07, 6.45) is 0.829. The van der Waals surface area contributed by atoms with E-state index in [0.29, 0.717) is 11.1 Å². The van der Waals surface area contributed by atoms with Crippen LogP contribution in [0.5, 0.6) is 0 Å². The van der Waals surface area contributed by atoms with E-state index < -0.39 is 0 Å². The number of nitrogens with one attached hydrogen (secondary N) is 2. The lowest BCUT2D eigenvalue weighted by Gasteiger charge is -2.11. The molecule has 0 bridgehead atoms. The van der Waals surface area contributed by atoms with Crippen LogP contribution in [0.3, 0.4) is 0 Å². The predicted octanol–water partition coefficient (Wildman–Crippen LogP) is 5.06. The maximum atomic E-state index is 12.6. The van der Waals surface area contributed by atoms with Crippen molar-refractivity contribution in [3.8, 4) is 0 Å². The molecule has 0 radical (unpaired) electrons. The van der Waals surface area contributed by atoms with Crippen LogP contribution in [0.15, 0.2) is 72.8 Å². The molecule has 0 spiro atoms. The van der Waals surface area contributed by atoms with Gasteiger partial charge in [-0.1, -0.05) is 43.3 Å². The zero-order chi connectivity index (χ0) is 19.2. The first-order valence-corrected chi connectivity index (χ1v) is 8.94. The molecule has 0 saturated carbocycles. The van der Waals surface area contributed by atoms with Crippen LogP contribution in [0.25, 0.3) is 0 Å². The summed E-state index contributed by atoms with van der Waals surface area (Å²) in [7, 11) is 0. The summed E-state index contributed by atoms with van der Waals surface area (Å²) in [5.41, 5.74) is 4.53. The van der Waals surface area contributed by atoms with Crippen molar-refractivity contribution in [2.45, 2.75) is 20.3 Å². The number of carbonyl (C=O) groups is 2. The number of amides is 2. The lowest BCUT2D eigenvalue weighted by molar-refractivity contribution is 0.102. The molecular formula is C23H22N2O2. The Kier molecular flexibility index (Phi) is 5.67. The first kappa shape index (κ1) is 18.4. The van der Waals surface area contributed by atoms with Crippen molar-refractivity contribution in [3.05, 3.63) is 95.1 Å². The second-order valence-corrected chi connectivity index (χ2v) is 6.37. The van der Waals surface area contributed by atoms with Gasteiger partial charge in [-0.05, 0) is 60.9 Å². The van der Waals surface area contributed by atoms with E-state index in [4.69, 9.17) is 0 Å². The smallest absolute Gasteiger partial charge is 0.255 e. The van der Waals surface area contributed by atoms with Crippen molar-refractivity contribution < 1.29 is 9.59 Å². The third-order valence-corrected chi connectivity index (χ3v) is 4.31.